The minimum atomic E-state index is -3.13. The Bertz CT molecular complexity index is 1930. The van der Waals surface area contributed by atoms with Gasteiger partial charge in [-0.2, -0.15) is 0 Å². The van der Waals surface area contributed by atoms with Gasteiger partial charge in [0.05, 0.1) is 6.42 Å². The van der Waals surface area contributed by atoms with Crippen molar-refractivity contribution in [2.45, 2.75) is 138 Å². The third-order valence-electron chi connectivity index (χ3n) is 10.7. The zero-order valence-corrected chi connectivity index (χ0v) is 34.9. The van der Waals surface area contributed by atoms with Gasteiger partial charge in [-0.25, -0.2) is 13.2 Å². The molecule has 0 aliphatic heterocycles. The number of carbonyl (C=O) groups is 4. The van der Waals surface area contributed by atoms with Crippen LogP contribution in [0, 0.1) is 24.6 Å². The molecule has 0 saturated carbocycles. The zero-order valence-electron chi connectivity index (χ0n) is 34.9. The molecule has 3 aromatic rings. The summed E-state index contributed by atoms with van der Waals surface area (Å²) in [7, 11) is 0. The molecule has 2 aromatic carbocycles. The SMILES string of the molecule is CC.CCC1=C(c2cccc(C(C)(F)F)c2C)C[C@@](NC(=O)[C@H](NC(=O)Cc2ccccc2F)C(C)CC)(C(=O)N[C@H](c2nnc(NC(C)=O)o2)C(C)CC)CC1.[HH].[HH].[HH].[HH].[HH]. The highest BCUT2D eigenvalue weighted by Gasteiger charge is 2.47. The number of nitrogens with one attached hydrogen (secondary N) is 4. The standard InChI is InChI=1S/C41H53F3N6O5.C2H6.5H2/c1-9-23(4)34(46-33(52)21-28-15-12-13-18-32(28)42)36(53)48-41(38(54)47-35(24(5)10-2)37-49-50-39(55-37)45-26(7)51)20-19-27(11-3)30(22-41)29-16-14-17-31(25(29)6)40(8,43)44;1-2;;;;;/h12-18,23-24,34-35H,9-11,19-22H2,1-8H3,(H,46,52)(H,47,54)(H,48,53)(H,45,50,51);1-2H3;5*1H/t23?,24?,34-,35+,41-;;;;;;/m1....../s1. The van der Waals surface area contributed by atoms with Crippen LogP contribution in [-0.2, 0) is 31.5 Å². The second-order valence-corrected chi connectivity index (χ2v) is 14.7. The Balaban J connectivity index is -0.00000490. The van der Waals surface area contributed by atoms with Crippen molar-refractivity contribution in [3.05, 3.63) is 82.0 Å². The van der Waals surface area contributed by atoms with Gasteiger partial charge in [0, 0.05) is 33.0 Å². The van der Waals surface area contributed by atoms with Crippen LogP contribution >= 0.6 is 0 Å². The highest BCUT2D eigenvalue weighted by atomic mass is 19.3. The summed E-state index contributed by atoms with van der Waals surface area (Å²) in [6, 6.07) is 8.50. The highest BCUT2D eigenvalue weighted by molar-refractivity contribution is 5.97. The monoisotopic (exact) mass is 807 g/mol. The number of amides is 4. The Hall–Kier alpha value is -5.01. The maximum atomic E-state index is 14.9. The van der Waals surface area contributed by atoms with Crippen LogP contribution in [0.15, 0.2) is 52.5 Å². The third kappa shape index (κ3) is 11.5. The summed E-state index contributed by atoms with van der Waals surface area (Å²) >= 11 is 0. The number of anilines is 1. The van der Waals surface area contributed by atoms with E-state index in [1.807, 2.05) is 41.5 Å². The van der Waals surface area contributed by atoms with Crippen LogP contribution in [0.2, 0.25) is 0 Å². The lowest BCUT2D eigenvalue weighted by Gasteiger charge is -2.41. The van der Waals surface area contributed by atoms with Gasteiger partial charge in [-0.05, 0) is 66.4 Å². The van der Waals surface area contributed by atoms with Gasteiger partial charge < -0.3 is 20.4 Å². The molecule has 1 heterocycles. The molecule has 1 aromatic heterocycles. The molecule has 0 bridgehead atoms. The van der Waals surface area contributed by atoms with E-state index in [0.29, 0.717) is 42.4 Å². The molecule has 0 saturated heterocycles. The summed E-state index contributed by atoms with van der Waals surface area (Å²) in [5.41, 5.74) is 0.944. The molecule has 0 spiro atoms. The first-order valence-electron chi connectivity index (χ1n) is 19.9. The summed E-state index contributed by atoms with van der Waals surface area (Å²) in [6.45, 7) is 17.2. The van der Waals surface area contributed by atoms with Gasteiger partial charge in [0.25, 0.3) is 5.92 Å². The van der Waals surface area contributed by atoms with Crippen LogP contribution in [0.1, 0.15) is 142 Å². The molecule has 1 aliphatic carbocycles. The van der Waals surface area contributed by atoms with Crippen molar-refractivity contribution in [1.82, 2.24) is 26.1 Å². The second kappa shape index (κ2) is 20.4. The number of hydrogen-bond donors (Lipinski definition) is 4. The van der Waals surface area contributed by atoms with Crippen molar-refractivity contribution in [1.29, 1.82) is 0 Å². The summed E-state index contributed by atoms with van der Waals surface area (Å²) in [5.74, 6) is -6.47. The van der Waals surface area contributed by atoms with Crippen molar-refractivity contribution >= 4 is 35.2 Å². The smallest absolute Gasteiger partial charge is 0.322 e. The van der Waals surface area contributed by atoms with Gasteiger partial charge in [0.1, 0.15) is 23.4 Å². The van der Waals surface area contributed by atoms with Crippen LogP contribution < -0.4 is 21.3 Å². The Morgan fingerprint density at radius 1 is 0.965 bits per heavy atom. The topological polar surface area (TPSA) is 155 Å². The molecule has 1 aliphatic rings. The predicted octanol–water partition coefficient (Wildman–Crippen LogP) is 9.72. The number of alkyl halides is 2. The number of halogens is 3. The first-order valence-corrected chi connectivity index (χ1v) is 19.9. The molecular formula is C43H69F3N6O5. The van der Waals surface area contributed by atoms with Crippen LogP contribution in [0.25, 0.3) is 5.57 Å². The quantitative estimate of drug-likeness (QED) is 0.112. The molecule has 57 heavy (non-hydrogen) atoms. The molecule has 2 unspecified atom stereocenters. The number of benzene rings is 2. The number of allylic oxidation sites excluding steroid dienone is 1. The fourth-order valence-corrected chi connectivity index (χ4v) is 7.08. The minimum absolute atomic E-state index is 0. The van der Waals surface area contributed by atoms with E-state index < -0.39 is 58.9 Å². The van der Waals surface area contributed by atoms with E-state index in [4.69, 9.17) is 4.42 Å². The molecule has 0 radical (unpaired) electrons. The van der Waals surface area contributed by atoms with E-state index in [0.717, 1.165) is 12.5 Å². The van der Waals surface area contributed by atoms with E-state index in [1.54, 1.807) is 32.0 Å². The second-order valence-electron chi connectivity index (χ2n) is 14.7. The number of carbonyl (C=O) groups excluding carboxylic acids is 4. The summed E-state index contributed by atoms with van der Waals surface area (Å²) in [5, 5.41) is 19.3. The van der Waals surface area contributed by atoms with E-state index in [-0.39, 0.29) is 55.3 Å². The lowest BCUT2D eigenvalue weighted by atomic mass is 9.73. The third-order valence-corrected chi connectivity index (χ3v) is 10.7. The fraction of sp³-hybridized carbons (Fsp3) is 0.535. The van der Waals surface area contributed by atoms with Crippen LogP contribution in [0.3, 0.4) is 0 Å². The number of aromatic nitrogens is 2. The van der Waals surface area contributed by atoms with Crippen molar-refractivity contribution in [3.8, 4) is 0 Å². The number of rotatable bonds is 16. The van der Waals surface area contributed by atoms with E-state index in [2.05, 4.69) is 31.5 Å². The van der Waals surface area contributed by atoms with Gasteiger partial charge in [0.15, 0.2) is 0 Å². The van der Waals surface area contributed by atoms with Gasteiger partial charge >= 0.3 is 6.01 Å². The Kier molecular flexibility index (Phi) is 16.6. The molecule has 11 nitrogen and oxygen atoms in total. The van der Waals surface area contributed by atoms with Crippen LogP contribution in [0.5, 0.6) is 0 Å². The van der Waals surface area contributed by atoms with Crippen LogP contribution in [0.4, 0.5) is 19.2 Å². The maximum absolute atomic E-state index is 14.9. The van der Waals surface area contributed by atoms with Crippen molar-refractivity contribution < 1.29 is 43.9 Å². The Morgan fingerprint density at radius 2 is 1.63 bits per heavy atom. The molecule has 0 fully saturated rings. The summed E-state index contributed by atoms with van der Waals surface area (Å²) in [4.78, 5) is 54.4. The largest absolute Gasteiger partial charge is 0.406 e. The van der Waals surface area contributed by atoms with E-state index in [9.17, 15) is 32.3 Å². The maximum Gasteiger partial charge on any atom is 0.322 e. The predicted molar refractivity (Wildman–Crippen MR) is 225 cm³/mol. The van der Waals surface area contributed by atoms with E-state index >= 15 is 0 Å². The van der Waals surface area contributed by atoms with Gasteiger partial charge in [-0.15, -0.1) is 5.10 Å². The van der Waals surface area contributed by atoms with Gasteiger partial charge in [0.2, 0.25) is 29.5 Å². The molecule has 322 valence electrons. The zero-order chi connectivity index (χ0) is 42.7. The Morgan fingerprint density at radius 3 is 2.23 bits per heavy atom. The lowest BCUT2D eigenvalue weighted by molar-refractivity contribution is -0.137. The first kappa shape index (κ1) is 46.4. The fourth-order valence-electron chi connectivity index (χ4n) is 7.08. The average Bonchev–Trinajstić information content (AvgIpc) is 3.63. The Labute approximate surface area is 341 Å². The van der Waals surface area contributed by atoms with Gasteiger partial charge in [-0.3, -0.25) is 24.5 Å². The lowest BCUT2D eigenvalue weighted by Crippen LogP contribution is -2.64. The normalized spacial score (nSPS) is 17.6. The molecule has 4 N–H and O–H groups in total. The number of nitrogens with zero attached hydrogens (tertiary/aromatic N) is 2. The minimum Gasteiger partial charge on any atom is -0.406 e. The molecule has 14 heteroatoms. The first-order chi connectivity index (χ1) is 26.9. The molecule has 4 rings (SSSR count). The number of hydrogen-bond acceptors (Lipinski definition) is 7. The highest BCUT2D eigenvalue weighted by Crippen LogP contribution is 2.43. The van der Waals surface area contributed by atoms with Crippen molar-refractivity contribution in [2.24, 2.45) is 11.8 Å². The van der Waals surface area contributed by atoms with Gasteiger partial charge in [-0.1, -0.05) is 108 Å². The average molecular weight is 807 g/mol. The summed E-state index contributed by atoms with van der Waals surface area (Å²) < 4.78 is 49.8. The van der Waals surface area contributed by atoms with Crippen molar-refractivity contribution in [2.75, 3.05) is 5.32 Å². The molecule has 4 amide bonds. The van der Waals surface area contributed by atoms with E-state index in [1.165, 1.54) is 31.2 Å². The van der Waals surface area contributed by atoms with Crippen LogP contribution in [-0.4, -0.2) is 45.4 Å². The summed E-state index contributed by atoms with van der Waals surface area (Å²) in [6.07, 6.45) is 1.82. The molecular weight excluding hydrogens is 738 g/mol. The van der Waals surface area contributed by atoms with Crippen molar-refractivity contribution in [3.63, 3.8) is 0 Å². The molecule has 5 atom stereocenters.